The molecule has 0 spiro atoms. The molecule has 0 aromatic heterocycles. The minimum Gasteiger partial charge on any atom is -0.285 e. The van der Waals surface area contributed by atoms with Crippen LogP contribution >= 0.6 is 0 Å². The standard InChI is InChI=1S/C21H15NO4/c1-2-13-11-12-18(15-8-4-3-7-14(13)15)21(22(25)26)19(23)16-9-5-6-10-17(16)20(21)24/h3-12H,2H2,1H3. The Balaban J connectivity index is 2.11. The van der Waals surface area contributed by atoms with Crippen LogP contribution in [0.4, 0.5) is 0 Å². The molecule has 0 fully saturated rings. The Labute approximate surface area is 149 Å². The molecular formula is C21H15NO4. The average molecular weight is 345 g/mol. The maximum atomic E-state index is 13.1. The Morgan fingerprint density at radius 2 is 1.38 bits per heavy atom. The molecule has 0 unspecified atom stereocenters. The summed E-state index contributed by atoms with van der Waals surface area (Å²) in [7, 11) is 0. The average Bonchev–Trinajstić information content (AvgIpc) is 2.89. The number of carbonyl (C=O) groups is 2. The van der Waals surface area contributed by atoms with Gasteiger partial charge in [0.25, 0.3) is 11.6 Å². The summed E-state index contributed by atoms with van der Waals surface area (Å²) in [5.74, 6) is -1.53. The minimum atomic E-state index is -2.42. The van der Waals surface area contributed by atoms with Crippen LogP contribution in [0.1, 0.15) is 38.8 Å². The molecule has 0 aliphatic heterocycles. The molecule has 0 radical (unpaired) electrons. The van der Waals surface area contributed by atoms with Gasteiger partial charge in [0.1, 0.15) is 0 Å². The summed E-state index contributed by atoms with van der Waals surface area (Å²) in [6, 6.07) is 16.7. The second-order valence-electron chi connectivity index (χ2n) is 6.34. The number of hydrogen-bond acceptors (Lipinski definition) is 4. The molecule has 3 aromatic rings. The highest BCUT2D eigenvalue weighted by Gasteiger charge is 2.65. The van der Waals surface area contributed by atoms with Gasteiger partial charge in [-0.25, -0.2) is 0 Å². The number of aryl methyl sites for hydroxylation is 1. The molecule has 5 nitrogen and oxygen atoms in total. The van der Waals surface area contributed by atoms with Gasteiger partial charge in [-0.1, -0.05) is 61.5 Å². The molecule has 4 rings (SSSR count). The van der Waals surface area contributed by atoms with Crippen LogP contribution in [0.15, 0.2) is 60.7 Å². The Morgan fingerprint density at radius 3 is 1.92 bits per heavy atom. The number of nitrogens with zero attached hydrogens (tertiary/aromatic N) is 1. The summed E-state index contributed by atoms with van der Waals surface area (Å²) in [4.78, 5) is 37.7. The molecule has 3 aromatic carbocycles. The zero-order valence-electron chi connectivity index (χ0n) is 14.1. The van der Waals surface area contributed by atoms with Crippen molar-refractivity contribution in [2.45, 2.75) is 18.9 Å². The van der Waals surface area contributed by atoms with E-state index in [4.69, 9.17) is 0 Å². The molecule has 0 N–H and O–H groups in total. The summed E-state index contributed by atoms with van der Waals surface area (Å²) >= 11 is 0. The normalized spacial score (nSPS) is 15.3. The van der Waals surface area contributed by atoms with Crippen LogP contribution in [0, 0.1) is 10.1 Å². The third-order valence-electron chi connectivity index (χ3n) is 5.13. The van der Waals surface area contributed by atoms with Gasteiger partial charge in [0.05, 0.1) is 5.56 Å². The second-order valence-corrected chi connectivity index (χ2v) is 6.34. The maximum Gasteiger partial charge on any atom is 0.370 e. The predicted molar refractivity (Wildman–Crippen MR) is 97.1 cm³/mol. The lowest BCUT2D eigenvalue weighted by atomic mass is 9.81. The zero-order valence-corrected chi connectivity index (χ0v) is 14.1. The number of nitro groups is 1. The fourth-order valence-corrected chi connectivity index (χ4v) is 3.87. The largest absolute Gasteiger partial charge is 0.370 e. The van der Waals surface area contributed by atoms with E-state index >= 15 is 0 Å². The van der Waals surface area contributed by atoms with Gasteiger partial charge >= 0.3 is 5.54 Å². The minimum absolute atomic E-state index is 0.109. The maximum absolute atomic E-state index is 13.1. The number of hydrogen-bond donors (Lipinski definition) is 0. The summed E-state index contributed by atoms with van der Waals surface area (Å²) in [5.41, 5.74) is -1.05. The number of benzene rings is 3. The van der Waals surface area contributed by atoms with Gasteiger partial charge in [0, 0.05) is 16.1 Å². The molecule has 0 saturated heterocycles. The van der Waals surface area contributed by atoms with Gasteiger partial charge in [0.15, 0.2) is 0 Å². The molecule has 0 atom stereocenters. The number of Topliss-reactive ketones (excluding diaryl/α,β-unsaturated/α-hetero) is 2. The van der Waals surface area contributed by atoms with Crippen molar-refractivity contribution in [2.75, 3.05) is 0 Å². The monoisotopic (exact) mass is 345 g/mol. The lowest BCUT2D eigenvalue weighted by Gasteiger charge is -2.20. The molecule has 0 heterocycles. The van der Waals surface area contributed by atoms with Gasteiger partial charge in [-0.3, -0.25) is 19.7 Å². The fraction of sp³-hybridized carbons (Fsp3) is 0.143. The summed E-state index contributed by atoms with van der Waals surface area (Å²) < 4.78 is 0. The van der Waals surface area contributed by atoms with Gasteiger partial charge in [-0.15, -0.1) is 0 Å². The molecule has 0 bridgehead atoms. The first kappa shape index (κ1) is 16.1. The molecule has 1 aliphatic rings. The highest BCUT2D eigenvalue weighted by Crippen LogP contribution is 2.43. The Kier molecular flexibility index (Phi) is 3.47. The van der Waals surface area contributed by atoms with E-state index in [9.17, 15) is 19.7 Å². The Bertz CT molecular complexity index is 1070. The van der Waals surface area contributed by atoms with Crippen molar-refractivity contribution in [3.05, 3.63) is 93.0 Å². The number of rotatable bonds is 3. The van der Waals surface area contributed by atoms with E-state index in [0.717, 1.165) is 17.4 Å². The van der Waals surface area contributed by atoms with Crippen molar-refractivity contribution < 1.29 is 14.5 Å². The highest BCUT2D eigenvalue weighted by molar-refractivity contribution is 6.32. The smallest absolute Gasteiger partial charge is 0.285 e. The third kappa shape index (κ3) is 1.85. The van der Waals surface area contributed by atoms with E-state index in [-0.39, 0.29) is 16.7 Å². The molecule has 0 amide bonds. The van der Waals surface area contributed by atoms with E-state index < -0.39 is 22.0 Å². The van der Waals surface area contributed by atoms with Crippen LogP contribution in [0.5, 0.6) is 0 Å². The second kappa shape index (κ2) is 5.59. The first-order valence-corrected chi connectivity index (χ1v) is 8.37. The van der Waals surface area contributed by atoms with Crippen molar-refractivity contribution in [3.63, 3.8) is 0 Å². The van der Waals surface area contributed by atoms with Gasteiger partial charge in [-0.05, 0) is 28.8 Å². The van der Waals surface area contributed by atoms with Crippen molar-refractivity contribution in [1.29, 1.82) is 0 Å². The van der Waals surface area contributed by atoms with E-state index in [1.54, 1.807) is 36.4 Å². The zero-order chi connectivity index (χ0) is 18.5. The first-order valence-electron chi connectivity index (χ1n) is 8.37. The van der Waals surface area contributed by atoms with Crippen molar-refractivity contribution in [2.24, 2.45) is 0 Å². The molecule has 1 aliphatic carbocycles. The van der Waals surface area contributed by atoms with Crippen LogP contribution in [0.3, 0.4) is 0 Å². The number of ketones is 2. The van der Waals surface area contributed by atoms with Crippen LogP contribution in [0.2, 0.25) is 0 Å². The molecular weight excluding hydrogens is 330 g/mol. The SMILES string of the molecule is CCc1ccc(C2([N+](=O)[O-])C(=O)c3ccccc3C2=O)c2ccccc12. The van der Waals surface area contributed by atoms with Crippen LogP contribution in [-0.2, 0) is 12.0 Å². The highest BCUT2D eigenvalue weighted by atomic mass is 16.6. The molecule has 0 saturated carbocycles. The number of fused-ring (bicyclic) bond motifs is 2. The van der Waals surface area contributed by atoms with Gasteiger partial charge < -0.3 is 0 Å². The lowest BCUT2D eigenvalue weighted by Crippen LogP contribution is -2.46. The third-order valence-corrected chi connectivity index (χ3v) is 5.13. The molecule has 5 heteroatoms. The van der Waals surface area contributed by atoms with Crippen LogP contribution < -0.4 is 0 Å². The van der Waals surface area contributed by atoms with Crippen LogP contribution in [0.25, 0.3) is 10.8 Å². The topological polar surface area (TPSA) is 77.3 Å². The summed E-state index contributed by atoms with van der Waals surface area (Å²) in [5, 5.41) is 13.6. The van der Waals surface area contributed by atoms with Gasteiger partial charge in [0.2, 0.25) is 0 Å². The van der Waals surface area contributed by atoms with Gasteiger partial charge in [-0.2, -0.15) is 0 Å². The Morgan fingerprint density at radius 1 is 0.846 bits per heavy atom. The van der Waals surface area contributed by atoms with E-state index in [1.165, 1.54) is 12.1 Å². The number of carbonyl (C=O) groups excluding carboxylic acids is 2. The summed E-state index contributed by atoms with van der Waals surface area (Å²) in [6.45, 7) is 1.99. The lowest BCUT2D eigenvalue weighted by molar-refractivity contribution is -0.537. The summed E-state index contributed by atoms with van der Waals surface area (Å²) in [6.07, 6.45) is 0.744. The Hall–Kier alpha value is -3.34. The van der Waals surface area contributed by atoms with Crippen molar-refractivity contribution in [3.8, 4) is 0 Å². The van der Waals surface area contributed by atoms with Crippen molar-refractivity contribution in [1.82, 2.24) is 0 Å². The van der Waals surface area contributed by atoms with Crippen molar-refractivity contribution >= 4 is 22.3 Å². The fourth-order valence-electron chi connectivity index (χ4n) is 3.87. The van der Waals surface area contributed by atoms with E-state index in [0.29, 0.717) is 5.39 Å². The molecule has 128 valence electrons. The predicted octanol–water partition coefficient (Wildman–Crippen LogP) is 3.95. The van der Waals surface area contributed by atoms with Crippen LogP contribution in [-0.4, -0.2) is 16.5 Å². The van der Waals surface area contributed by atoms with E-state index in [1.807, 2.05) is 19.1 Å². The molecule has 26 heavy (non-hydrogen) atoms. The quantitative estimate of drug-likeness (QED) is 0.409. The van der Waals surface area contributed by atoms with E-state index in [2.05, 4.69) is 0 Å². The first-order chi connectivity index (χ1) is 12.5.